The molecule has 2 N–H and O–H groups in total. The summed E-state index contributed by atoms with van der Waals surface area (Å²) >= 11 is 2.02. The predicted octanol–water partition coefficient (Wildman–Crippen LogP) is 3.84. The van der Waals surface area contributed by atoms with Crippen molar-refractivity contribution >= 4 is 11.8 Å². The van der Waals surface area contributed by atoms with E-state index in [0.29, 0.717) is 6.04 Å². The molecule has 1 fully saturated rings. The minimum absolute atomic E-state index is 0.659. The summed E-state index contributed by atoms with van der Waals surface area (Å²) in [5, 5.41) is 11.9. The van der Waals surface area contributed by atoms with Gasteiger partial charge in [-0.05, 0) is 37.5 Å². The maximum atomic E-state index is 4.22. The zero-order valence-corrected chi connectivity index (χ0v) is 13.3. The van der Waals surface area contributed by atoms with Crippen molar-refractivity contribution in [3.05, 3.63) is 42.1 Å². The summed E-state index contributed by atoms with van der Waals surface area (Å²) < 4.78 is 0. The van der Waals surface area contributed by atoms with Gasteiger partial charge in [0.25, 0.3) is 0 Å². The highest BCUT2D eigenvalue weighted by Gasteiger charge is 2.20. The molecule has 0 spiro atoms. The number of nitrogens with one attached hydrogen (secondary N) is 2. The summed E-state index contributed by atoms with van der Waals surface area (Å²) in [5.74, 6) is 0. The smallest absolute Gasteiger partial charge is 0.0695 e. The van der Waals surface area contributed by atoms with E-state index in [0.717, 1.165) is 17.5 Å². The van der Waals surface area contributed by atoms with Gasteiger partial charge in [-0.1, -0.05) is 30.3 Å². The van der Waals surface area contributed by atoms with Gasteiger partial charge in [0.15, 0.2) is 0 Å². The summed E-state index contributed by atoms with van der Waals surface area (Å²) in [5.41, 5.74) is 3.60. The minimum atomic E-state index is 0.659. The van der Waals surface area contributed by atoms with Crippen LogP contribution >= 0.6 is 11.8 Å². The van der Waals surface area contributed by atoms with E-state index in [4.69, 9.17) is 0 Å². The molecule has 0 amide bonds. The van der Waals surface area contributed by atoms with Crippen molar-refractivity contribution in [2.45, 2.75) is 43.5 Å². The first-order chi connectivity index (χ1) is 10.4. The van der Waals surface area contributed by atoms with Gasteiger partial charge in [-0.25, -0.2) is 0 Å². The third-order valence-electron chi connectivity index (χ3n) is 4.37. The molecule has 112 valence electrons. The van der Waals surface area contributed by atoms with Crippen molar-refractivity contribution < 1.29 is 0 Å². The van der Waals surface area contributed by atoms with Crippen LogP contribution in [-0.2, 0) is 6.54 Å². The monoisotopic (exact) mass is 301 g/mol. The second-order valence-corrected chi connectivity index (χ2v) is 6.86. The van der Waals surface area contributed by atoms with Gasteiger partial charge in [-0.3, -0.25) is 5.10 Å². The number of hydrogen-bond acceptors (Lipinski definition) is 3. The van der Waals surface area contributed by atoms with Crippen LogP contribution in [0, 0.1) is 0 Å². The Kier molecular flexibility index (Phi) is 4.99. The molecule has 2 aromatic rings. The number of hydrogen-bond donors (Lipinski definition) is 2. The summed E-state index contributed by atoms with van der Waals surface area (Å²) in [6.07, 6.45) is 9.46. The molecule has 0 atom stereocenters. The number of rotatable bonds is 5. The van der Waals surface area contributed by atoms with Gasteiger partial charge in [0, 0.05) is 23.4 Å². The van der Waals surface area contributed by atoms with Gasteiger partial charge >= 0.3 is 0 Å². The second kappa shape index (κ2) is 7.14. The Morgan fingerprint density at radius 2 is 1.95 bits per heavy atom. The molecular weight excluding hydrogens is 278 g/mol. The SMILES string of the molecule is CSC1CCC(NCc2cn[nH]c2-c2ccccc2)CC1. The van der Waals surface area contributed by atoms with Crippen molar-refractivity contribution in [3.63, 3.8) is 0 Å². The Labute approximate surface area is 130 Å². The van der Waals surface area contributed by atoms with Crippen LogP contribution in [0.2, 0.25) is 0 Å². The third-order valence-corrected chi connectivity index (χ3v) is 5.51. The summed E-state index contributed by atoms with van der Waals surface area (Å²) in [4.78, 5) is 0. The molecule has 0 bridgehead atoms. The van der Waals surface area contributed by atoms with Crippen LogP contribution in [0.3, 0.4) is 0 Å². The number of thioether (sulfide) groups is 1. The van der Waals surface area contributed by atoms with Gasteiger partial charge in [-0.15, -0.1) is 0 Å². The number of aromatic nitrogens is 2. The lowest BCUT2D eigenvalue weighted by molar-refractivity contribution is 0.379. The van der Waals surface area contributed by atoms with Crippen LogP contribution in [0.5, 0.6) is 0 Å². The van der Waals surface area contributed by atoms with Gasteiger partial charge in [0.1, 0.15) is 0 Å². The predicted molar refractivity (Wildman–Crippen MR) is 90.4 cm³/mol. The fraction of sp³-hybridized carbons (Fsp3) is 0.471. The summed E-state index contributed by atoms with van der Waals surface area (Å²) in [6.45, 7) is 0.898. The highest BCUT2D eigenvalue weighted by molar-refractivity contribution is 7.99. The van der Waals surface area contributed by atoms with Gasteiger partial charge < -0.3 is 5.32 Å². The Morgan fingerprint density at radius 1 is 1.19 bits per heavy atom. The molecule has 1 aromatic carbocycles. The second-order valence-electron chi connectivity index (χ2n) is 5.73. The van der Waals surface area contributed by atoms with E-state index in [-0.39, 0.29) is 0 Å². The average Bonchev–Trinajstić information content (AvgIpc) is 3.03. The molecule has 0 saturated heterocycles. The zero-order chi connectivity index (χ0) is 14.5. The van der Waals surface area contributed by atoms with E-state index in [1.54, 1.807) is 0 Å². The standard InChI is InChI=1S/C17H23N3S/c1-21-16-9-7-15(8-10-16)18-11-14-12-19-20-17(14)13-5-3-2-4-6-13/h2-6,12,15-16,18H,7-11H2,1H3,(H,19,20). The van der Waals surface area contributed by atoms with Crippen molar-refractivity contribution in [2.75, 3.05) is 6.26 Å². The summed E-state index contributed by atoms with van der Waals surface area (Å²) in [7, 11) is 0. The highest BCUT2D eigenvalue weighted by Crippen LogP contribution is 2.27. The number of aromatic amines is 1. The molecule has 1 aromatic heterocycles. The molecule has 21 heavy (non-hydrogen) atoms. The van der Waals surface area contributed by atoms with Crippen LogP contribution in [-0.4, -0.2) is 27.7 Å². The Balaban J connectivity index is 1.58. The lowest BCUT2D eigenvalue weighted by atomic mass is 9.95. The minimum Gasteiger partial charge on any atom is -0.310 e. The largest absolute Gasteiger partial charge is 0.310 e. The van der Waals surface area contributed by atoms with E-state index in [9.17, 15) is 0 Å². The number of nitrogens with zero attached hydrogens (tertiary/aromatic N) is 1. The molecule has 0 unspecified atom stereocenters. The average molecular weight is 301 g/mol. The molecule has 3 nitrogen and oxygen atoms in total. The topological polar surface area (TPSA) is 40.7 Å². The first kappa shape index (κ1) is 14.7. The van der Waals surface area contributed by atoms with Gasteiger partial charge in [0.2, 0.25) is 0 Å². The molecule has 1 aliphatic rings. The van der Waals surface area contributed by atoms with Gasteiger partial charge in [-0.2, -0.15) is 16.9 Å². The van der Waals surface area contributed by atoms with E-state index in [1.807, 2.05) is 24.0 Å². The lowest BCUT2D eigenvalue weighted by Gasteiger charge is -2.28. The molecule has 1 aliphatic carbocycles. The van der Waals surface area contributed by atoms with E-state index < -0.39 is 0 Å². The molecule has 3 rings (SSSR count). The maximum Gasteiger partial charge on any atom is 0.0695 e. The van der Waals surface area contributed by atoms with Crippen molar-refractivity contribution in [2.24, 2.45) is 0 Å². The molecule has 1 heterocycles. The first-order valence-electron chi connectivity index (χ1n) is 7.70. The van der Waals surface area contributed by atoms with E-state index in [2.05, 4.69) is 46.0 Å². The maximum absolute atomic E-state index is 4.22. The van der Waals surface area contributed by atoms with Gasteiger partial charge in [0.05, 0.1) is 11.9 Å². The molecule has 1 saturated carbocycles. The molecule has 0 aliphatic heterocycles. The van der Waals surface area contributed by atoms with E-state index in [1.165, 1.54) is 36.8 Å². The van der Waals surface area contributed by atoms with Crippen LogP contribution in [0.1, 0.15) is 31.2 Å². The summed E-state index contributed by atoms with van der Waals surface area (Å²) in [6, 6.07) is 11.1. The normalized spacial score (nSPS) is 22.3. The number of H-pyrrole nitrogens is 1. The third kappa shape index (κ3) is 3.69. The number of benzene rings is 1. The van der Waals surface area contributed by atoms with Crippen LogP contribution in [0.25, 0.3) is 11.3 Å². The Hall–Kier alpha value is -1.26. The lowest BCUT2D eigenvalue weighted by Crippen LogP contribution is -2.33. The highest BCUT2D eigenvalue weighted by atomic mass is 32.2. The molecule has 0 radical (unpaired) electrons. The van der Waals surface area contributed by atoms with Crippen molar-refractivity contribution in [1.29, 1.82) is 0 Å². The van der Waals surface area contributed by atoms with E-state index >= 15 is 0 Å². The molecular formula is C17H23N3S. The fourth-order valence-corrected chi connectivity index (χ4v) is 3.80. The quantitative estimate of drug-likeness (QED) is 0.881. The fourth-order valence-electron chi connectivity index (χ4n) is 3.06. The zero-order valence-electron chi connectivity index (χ0n) is 12.5. The van der Waals surface area contributed by atoms with Crippen LogP contribution in [0.15, 0.2) is 36.5 Å². The van der Waals surface area contributed by atoms with Crippen molar-refractivity contribution in [1.82, 2.24) is 15.5 Å². The van der Waals surface area contributed by atoms with Crippen LogP contribution < -0.4 is 5.32 Å². The first-order valence-corrected chi connectivity index (χ1v) is 8.99. The Bertz CT molecular complexity index is 544. The van der Waals surface area contributed by atoms with Crippen molar-refractivity contribution in [3.8, 4) is 11.3 Å². The molecule has 4 heteroatoms. The Morgan fingerprint density at radius 3 is 2.67 bits per heavy atom. The van der Waals surface area contributed by atoms with Crippen LogP contribution in [0.4, 0.5) is 0 Å².